The van der Waals surface area contributed by atoms with Gasteiger partial charge in [0.25, 0.3) is 5.91 Å². The van der Waals surface area contributed by atoms with E-state index in [0.29, 0.717) is 10.8 Å². The van der Waals surface area contributed by atoms with E-state index in [4.69, 9.17) is 5.11 Å². The summed E-state index contributed by atoms with van der Waals surface area (Å²) in [6.45, 7) is 3.29. The number of nitrogens with one attached hydrogen (secondary N) is 1. The second kappa shape index (κ2) is 7.62. The van der Waals surface area contributed by atoms with Crippen LogP contribution >= 0.6 is 11.8 Å². The first-order chi connectivity index (χ1) is 12.8. The lowest BCUT2D eigenvalue weighted by molar-refractivity contribution is -0.135. The minimum atomic E-state index is -1.18. The number of carboxylic acid groups (broad SMARTS) is 1. The van der Waals surface area contributed by atoms with Gasteiger partial charge in [0, 0.05) is 23.2 Å². The maximum Gasteiger partial charge on any atom is 0.322 e. The van der Waals surface area contributed by atoms with Gasteiger partial charge in [0.2, 0.25) is 0 Å². The summed E-state index contributed by atoms with van der Waals surface area (Å²) >= 11 is 1.42. The van der Waals surface area contributed by atoms with E-state index in [1.807, 2.05) is 26.0 Å². The number of thioether (sulfide) groups is 1. The molecule has 3 heterocycles. The maximum atomic E-state index is 12.2. The van der Waals surface area contributed by atoms with Crippen molar-refractivity contribution in [1.82, 2.24) is 24.9 Å². The van der Waals surface area contributed by atoms with Gasteiger partial charge in [0.05, 0.1) is 0 Å². The number of aromatic nitrogens is 4. The fraction of sp³-hybridized carbons (Fsp3) is 0.235. The summed E-state index contributed by atoms with van der Waals surface area (Å²) in [5.41, 5.74) is 2.95. The Morgan fingerprint density at radius 2 is 1.93 bits per heavy atom. The molecular formula is C17H17N5O4S. The van der Waals surface area contributed by atoms with E-state index in [1.54, 1.807) is 0 Å². The third-order valence-corrected chi connectivity index (χ3v) is 4.72. The number of amides is 1. The SMILES string of the molecule is Cc1cc(CSc2cc(O)c(C(=O)NCC(=O)O)c3ncnn23)cc(C)n1. The fourth-order valence-electron chi connectivity index (χ4n) is 2.66. The highest BCUT2D eigenvalue weighted by Gasteiger charge is 2.21. The lowest BCUT2D eigenvalue weighted by Crippen LogP contribution is -2.29. The van der Waals surface area contributed by atoms with Crippen LogP contribution in [0.3, 0.4) is 0 Å². The van der Waals surface area contributed by atoms with Crippen LogP contribution in [0, 0.1) is 13.8 Å². The average Bonchev–Trinajstić information content (AvgIpc) is 3.06. The zero-order valence-electron chi connectivity index (χ0n) is 14.6. The Balaban J connectivity index is 1.89. The summed E-state index contributed by atoms with van der Waals surface area (Å²) in [6.07, 6.45) is 1.27. The summed E-state index contributed by atoms with van der Waals surface area (Å²) in [4.78, 5) is 31.2. The number of aliphatic carboxylic acids is 1. The van der Waals surface area contributed by atoms with Crippen LogP contribution < -0.4 is 5.32 Å². The Labute approximate surface area is 158 Å². The predicted octanol–water partition coefficient (Wildman–Crippen LogP) is 1.55. The van der Waals surface area contributed by atoms with Crippen molar-refractivity contribution in [2.75, 3.05) is 6.54 Å². The molecule has 0 aliphatic carbocycles. The van der Waals surface area contributed by atoms with Gasteiger partial charge in [-0.3, -0.25) is 14.6 Å². The van der Waals surface area contributed by atoms with Gasteiger partial charge in [-0.05, 0) is 31.5 Å². The zero-order chi connectivity index (χ0) is 19.6. The van der Waals surface area contributed by atoms with Gasteiger partial charge < -0.3 is 15.5 Å². The number of hydrogen-bond acceptors (Lipinski definition) is 7. The third-order valence-electron chi connectivity index (χ3n) is 3.65. The largest absolute Gasteiger partial charge is 0.507 e. The molecule has 0 saturated carbocycles. The molecule has 0 fully saturated rings. The fourth-order valence-corrected chi connectivity index (χ4v) is 3.60. The summed E-state index contributed by atoms with van der Waals surface area (Å²) in [5, 5.41) is 25.9. The van der Waals surface area contributed by atoms with Crippen LogP contribution in [0.5, 0.6) is 5.75 Å². The summed E-state index contributed by atoms with van der Waals surface area (Å²) in [5.74, 6) is -1.59. The standard InChI is InChI=1S/C17H17N5O4S/c1-9-3-11(4-10(2)21-9)7-27-13-5-12(23)15(16-19-8-20-22(13)16)17(26)18-6-14(24)25/h3-5,8,23H,6-7H2,1-2H3,(H,18,26)(H,24,25). The monoisotopic (exact) mass is 387 g/mol. The number of carbonyl (C=O) groups is 2. The molecule has 27 heavy (non-hydrogen) atoms. The Morgan fingerprint density at radius 1 is 1.22 bits per heavy atom. The number of aryl methyl sites for hydroxylation is 2. The quantitative estimate of drug-likeness (QED) is 0.543. The maximum absolute atomic E-state index is 12.2. The van der Waals surface area contributed by atoms with Crippen LogP contribution in [-0.4, -0.2) is 48.2 Å². The Bertz CT molecular complexity index is 1010. The van der Waals surface area contributed by atoms with Gasteiger partial charge in [-0.2, -0.15) is 5.10 Å². The topological polar surface area (TPSA) is 130 Å². The zero-order valence-corrected chi connectivity index (χ0v) is 15.4. The smallest absolute Gasteiger partial charge is 0.322 e. The number of carboxylic acids is 1. The van der Waals surface area contributed by atoms with E-state index in [9.17, 15) is 14.7 Å². The van der Waals surface area contributed by atoms with Gasteiger partial charge in [-0.25, -0.2) is 9.50 Å². The molecule has 3 rings (SSSR count). The van der Waals surface area contributed by atoms with E-state index in [1.165, 1.54) is 28.7 Å². The van der Waals surface area contributed by atoms with Crippen LogP contribution in [0.2, 0.25) is 0 Å². The van der Waals surface area contributed by atoms with Crippen molar-refractivity contribution in [3.63, 3.8) is 0 Å². The highest BCUT2D eigenvalue weighted by atomic mass is 32.2. The lowest BCUT2D eigenvalue weighted by atomic mass is 10.2. The number of aromatic hydroxyl groups is 1. The molecule has 9 nitrogen and oxygen atoms in total. The van der Waals surface area contributed by atoms with E-state index in [-0.39, 0.29) is 17.0 Å². The minimum Gasteiger partial charge on any atom is -0.507 e. The number of carbonyl (C=O) groups excluding carboxylic acids is 1. The second-order valence-corrected chi connectivity index (χ2v) is 6.86. The molecule has 3 N–H and O–H groups in total. The first-order valence-corrected chi connectivity index (χ1v) is 8.96. The molecule has 0 unspecified atom stereocenters. The highest BCUT2D eigenvalue weighted by Crippen LogP contribution is 2.30. The number of rotatable bonds is 6. The van der Waals surface area contributed by atoms with Gasteiger partial charge in [0.1, 0.15) is 29.2 Å². The number of nitrogens with zero attached hydrogens (tertiary/aromatic N) is 4. The molecular weight excluding hydrogens is 370 g/mol. The van der Waals surface area contributed by atoms with Crippen LogP contribution in [0.4, 0.5) is 0 Å². The van der Waals surface area contributed by atoms with Crippen molar-refractivity contribution in [2.45, 2.75) is 24.6 Å². The van der Waals surface area contributed by atoms with Gasteiger partial charge in [-0.15, -0.1) is 11.8 Å². The lowest BCUT2D eigenvalue weighted by Gasteiger charge is -2.10. The van der Waals surface area contributed by atoms with Crippen LogP contribution in [-0.2, 0) is 10.5 Å². The normalized spacial score (nSPS) is 10.9. The van der Waals surface area contributed by atoms with Gasteiger partial charge >= 0.3 is 5.97 Å². The van der Waals surface area contributed by atoms with Crippen molar-refractivity contribution >= 4 is 29.3 Å². The van der Waals surface area contributed by atoms with E-state index in [0.717, 1.165) is 17.0 Å². The molecule has 10 heteroatoms. The molecule has 0 aromatic carbocycles. The van der Waals surface area contributed by atoms with E-state index < -0.39 is 18.4 Å². The average molecular weight is 387 g/mol. The predicted molar refractivity (Wildman–Crippen MR) is 97.9 cm³/mol. The second-order valence-electron chi connectivity index (χ2n) is 5.86. The third kappa shape index (κ3) is 4.17. The number of fused-ring (bicyclic) bond motifs is 1. The van der Waals surface area contributed by atoms with Crippen molar-refractivity contribution < 1.29 is 19.8 Å². The summed E-state index contributed by atoms with van der Waals surface area (Å²) in [7, 11) is 0. The van der Waals surface area contributed by atoms with E-state index >= 15 is 0 Å². The minimum absolute atomic E-state index is 0.117. The van der Waals surface area contributed by atoms with Crippen molar-refractivity contribution in [3.05, 3.63) is 47.0 Å². The van der Waals surface area contributed by atoms with Gasteiger partial charge in [0.15, 0.2) is 5.65 Å². The van der Waals surface area contributed by atoms with Crippen LogP contribution in [0.25, 0.3) is 5.65 Å². The summed E-state index contributed by atoms with van der Waals surface area (Å²) in [6, 6.07) is 5.38. The highest BCUT2D eigenvalue weighted by molar-refractivity contribution is 7.98. The Hall–Kier alpha value is -3.14. The molecule has 0 aliphatic heterocycles. The molecule has 0 radical (unpaired) electrons. The molecule has 3 aromatic rings. The van der Waals surface area contributed by atoms with Gasteiger partial charge in [-0.1, -0.05) is 0 Å². The molecule has 0 spiro atoms. The van der Waals surface area contributed by atoms with Crippen LogP contribution in [0.1, 0.15) is 27.3 Å². The Morgan fingerprint density at radius 3 is 2.59 bits per heavy atom. The molecule has 0 bridgehead atoms. The molecule has 1 amide bonds. The van der Waals surface area contributed by atoms with Crippen molar-refractivity contribution in [2.24, 2.45) is 0 Å². The van der Waals surface area contributed by atoms with Crippen LogP contribution in [0.15, 0.2) is 29.6 Å². The van der Waals surface area contributed by atoms with Crippen molar-refractivity contribution in [3.8, 4) is 5.75 Å². The Kier molecular flexibility index (Phi) is 5.26. The molecule has 0 atom stereocenters. The number of pyridine rings is 2. The first kappa shape index (κ1) is 18.6. The molecule has 0 saturated heterocycles. The van der Waals surface area contributed by atoms with E-state index in [2.05, 4.69) is 20.4 Å². The van der Waals surface area contributed by atoms with Crippen molar-refractivity contribution in [1.29, 1.82) is 0 Å². The molecule has 0 aliphatic rings. The molecule has 3 aromatic heterocycles. The summed E-state index contributed by atoms with van der Waals surface area (Å²) < 4.78 is 1.45. The number of hydrogen-bond donors (Lipinski definition) is 3. The first-order valence-electron chi connectivity index (χ1n) is 7.98. The molecule has 140 valence electrons.